The van der Waals surface area contributed by atoms with Crippen molar-refractivity contribution in [3.05, 3.63) is 70.8 Å². The third-order valence-electron chi connectivity index (χ3n) is 12.0. The summed E-state index contributed by atoms with van der Waals surface area (Å²) in [5.41, 5.74) is 1.95. The molecule has 0 unspecified atom stereocenters. The summed E-state index contributed by atoms with van der Waals surface area (Å²) in [6.07, 6.45) is 0. The fraction of sp³-hybridized carbons (Fsp3) is 0.478. The number of nitrogens with zero attached hydrogens (tertiary/aromatic N) is 4. The first-order chi connectivity index (χ1) is 28.9. The number of rotatable bonds is 24. The van der Waals surface area contributed by atoms with E-state index in [1.54, 1.807) is 14.2 Å². The molecule has 0 aliphatic carbocycles. The summed E-state index contributed by atoms with van der Waals surface area (Å²) in [4.78, 5) is 59.3. The maximum absolute atomic E-state index is 14.1. The zero-order chi connectivity index (χ0) is 42.6. The number of fused-ring (bicyclic) bond motifs is 2. The molecule has 14 heteroatoms. The lowest BCUT2D eigenvalue weighted by atomic mass is 9.82. The van der Waals surface area contributed by atoms with Crippen LogP contribution in [0.25, 0.3) is 43.1 Å². The van der Waals surface area contributed by atoms with Crippen molar-refractivity contribution < 1.29 is 56.6 Å². The fourth-order valence-electron chi connectivity index (χ4n) is 8.29. The van der Waals surface area contributed by atoms with Crippen molar-refractivity contribution in [1.82, 2.24) is 9.80 Å². The topological polar surface area (TPSA) is 130 Å². The van der Waals surface area contributed by atoms with E-state index in [9.17, 15) is 19.2 Å². The Hall–Kier alpha value is -4.64. The summed E-state index contributed by atoms with van der Waals surface area (Å²) < 4.78 is 33.6. The Bertz CT molecular complexity index is 2110. The molecule has 0 saturated heterocycles. The molecule has 60 heavy (non-hydrogen) atoms. The van der Waals surface area contributed by atoms with E-state index in [1.807, 2.05) is 48.5 Å². The molecule has 0 fully saturated rings. The molecule has 4 amide bonds. The molecule has 0 saturated carbocycles. The third-order valence-corrected chi connectivity index (χ3v) is 12.0. The molecule has 2 aliphatic rings. The van der Waals surface area contributed by atoms with Gasteiger partial charge in [0.05, 0.1) is 120 Å². The van der Waals surface area contributed by atoms with E-state index < -0.39 is 0 Å². The maximum atomic E-state index is 14.1. The van der Waals surface area contributed by atoms with E-state index in [4.69, 9.17) is 28.4 Å². The van der Waals surface area contributed by atoms with Crippen LogP contribution in [0.4, 0.5) is 0 Å². The van der Waals surface area contributed by atoms with E-state index in [2.05, 4.69) is 28.2 Å². The molecule has 2 heterocycles. The van der Waals surface area contributed by atoms with Crippen molar-refractivity contribution in [2.75, 3.05) is 148 Å². The minimum atomic E-state index is -0.314. The number of imide groups is 2. The average Bonchev–Trinajstić information content (AvgIpc) is 3.23. The van der Waals surface area contributed by atoms with Gasteiger partial charge in [-0.3, -0.25) is 29.0 Å². The summed E-state index contributed by atoms with van der Waals surface area (Å²) in [6.45, 7) is 8.21. The van der Waals surface area contributed by atoms with E-state index >= 15 is 0 Å². The largest absolute Gasteiger partial charge is 0.382 e. The van der Waals surface area contributed by atoms with Gasteiger partial charge in [-0.1, -0.05) is 24.3 Å². The molecule has 7 rings (SSSR count). The second-order valence-corrected chi connectivity index (χ2v) is 16.9. The van der Waals surface area contributed by atoms with Crippen LogP contribution in [0.5, 0.6) is 0 Å². The van der Waals surface area contributed by atoms with Crippen molar-refractivity contribution in [2.45, 2.75) is 0 Å². The van der Waals surface area contributed by atoms with Crippen molar-refractivity contribution in [1.29, 1.82) is 0 Å². The van der Waals surface area contributed by atoms with Gasteiger partial charge in [0.1, 0.15) is 13.1 Å². The number of hydrogen-bond donors (Lipinski definition) is 0. The Morgan fingerprint density at radius 1 is 0.383 bits per heavy atom. The summed E-state index contributed by atoms with van der Waals surface area (Å²) in [5.74, 6) is -1.26. The fourth-order valence-corrected chi connectivity index (χ4v) is 8.29. The van der Waals surface area contributed by atoms with Gasteiger partial charge >= 0.3 is 0 Å². The monoisotopic (exact) mass is 826 g/mol. The van der Waals surface area contributed by atoms with Crippen molar-refractivity contribution in [3.8, 4) is 0 Å². The van der Waals surface area contributed by atoms with Crippen LogP contribution in [0.15, 0.2) is 48.5 Å². The third kappa shape index (κ3) is 8.74. The zero-order valence-corrected chi connectivity index (χ0v) is 35.8. The van der Waals surface area contributed by atoms with Crippen LogP contribution in [0.1, 0.15) is 41.4 Å². The minimum Gasteiger partial charge on any atom is -0.382 e. The predicted octanol–water partition coefficient (Wildman–Crippen LogP) is 4.44. The lowest BCUT2D eigenvalue weighted by molar-refractivity contribution is -0.889. The van der Waals surface area contributed by atoms with Gasteiger partial charge < -0.3 is 37.4 Å². The highest BCUT2D eigenvalue weighted by Crippen LogP contribution is 2.46. The van der Waals surface area contributed by atoms with Gasteiger partial charge in [0.15, 0.2) is 0 Å². The van der Waals surface area contributed by atoms with Gasteiger partial charge in [-0.05, 0) is 56.6 Å². The molecule has 2 aliphatic heterocycles. The molecule has 0 spiro atoms. The Morgan fingerprint density at radius 3 is 0.967 bits per heavy atom. The average molecular weight is 827 g/mol. The Kier molecular flexibility index (Phi) is 13.4. The van der Waals surface area contributed by atoms with E-state index in [0.717, 1.165) is 32.3 Å². The highest BCUT2D eigenvalue weighted by Gasteiger charge is 2.38. The first-order valence-electron chi connectivity index (χ1n) is 20.7. The quantitative estimate of drug-likeness (QED) is 0.0290. The number of likely N-dealkylation sites (N-methyl/N-ethyl adjacent to an activating group) is 2. The van der Waals surface area contributed by atoms with Gasteiger partial charge in [0, 0.05) is 47.2 Å². The number of carbonyl (C=O) groups is 4. The molecule has 0 radical (unpaired) electrons. The van der Waals surface area contributed by atoms with Crippen LogP contribution in [0.3, 0.4) is 0 Å². The van der Waals surface area contributed by atoms with E-state index in [1.165, 1.54) is 9.80 Å². The summed E-state index contributed by atoms with van der Waals surface area (Å²) in [7, 11) is 11.5. The smallest absolute Gasteiger partial charge is 0.261 e. The number of carbonyl (C=O) groups excluding carboxylic acids is 4. The zero-order valence-electron chi connectivity index (χ0n) is 35.8. The van der Waals surface area contributed by atoms with Crippen molar-refractivity contribution in [3.63, 3.8) is 0 Å². The number of ether oxygens (including phenoxy) is 6. The van der Waals surface area contributed by atoms with Crippen molar-refractivity contribution in [2.24, 2.45) is 0 Å². The maximum Gasteiger partial charge on any atom is 0.261 e. The SMILES string of the molecule is COCCOCCOCC[N+](C)(C)CCN1C(=O)c2ccc3c4ccc5c6c(ccc(c7ccc(c2c37)C1=O)c64)C(=O)N(CC[N+](C)(C)CCOCCOCCOC)C5=O. The highest BCUT2D eigenvalue weighted by atomic mass is 16.5. The highest BCUT2D eigenvalue weighted by molar-refractivity contribution is 6.41. The first-order valence-corrected chi connectivity index (χ1v) is 20.7. The number of amides is 4. The second kappa shape index (κ2) is 18.5. The predicted molar refractivity (Wildman–Crippen MR) is 229 cm³/mol. The number of quaternary nitrogens is 2. The number of hydrogen-bond acceptors (Lipinski definition) is 10. The number of benzene rings is 5. The number of methoxy groups -OCH3 is 2. The Balaban J connectivity index is 1.08. The van der Waals surface area contributed by atoms with Crippen LogP contribution in [-0.4, -0.2) is 190 Å². The van der Waals surface area contributed by atoms with Crippen LogP contribution in [0.2, 0.25) is 0 Å². The molecule has 0 N–H and O–H groups in total. The lowest BCUT2D eigenvalue weighted by Crippen LogP contribution is -2.50. The van der Waals surface area contributed by atoms with Crippen LogP contribution >= 0.6 is 0 Å². The van der Waals surface area contributed by atoms with Crippen LogP contribution in [-0.2, 0) is 28.4 Å². The molecule has 5 aromatic rings. The molecule has 14 nitrogen and oxygen atoms in total. The Morgan fingerprint density at radius 2 is 0.667 bits per heavy atom. The van der Waals surface area contributed by atoms with Gasteiger partial charge in [0.25, 0.3) is 23.6 Å². The molecular formula is C46H58N4O10+2. The minimum absolute atomic E-state index is 0.263. The standard InChI is InChI=1S/C46H58N4O10/c1-49(2,19-21-57-27-29-59-25-23-55-5)17-15-47-43(51)35-11-7-31-33-9-13-37-42-38(14-10-34(40(33)42)32-8-12-36(44(47)52)41(35)39(31)32)46(54)48(45(37)53)16-18-50(3,4)20-22-58-28-30-60-26-24-56-6/h7-14H,15-30H2,1-6H3/q+2. The molecule has 5 aromatic carbocycles. The summed E-state index contributed by atoms with van der Waals surface area (Å²) in [5, 5.41) is 6.41. The molecule has 0 atom stereocenters. The summed E-state index contributed by atoms with van der Waals surface area (Å²) in [6, 6.07) is 15.0. The molecule has 0 aromatic heterocycles. The lowest BCUT2D eigenvalue weighted by Gasteiger charge is -2.34. The molecular weight excluding hydrogens is 769 g/mol. The van der Waals surface area contributed by atoms with Crippen molar-refractivity contribution >= 4 is 66.7 Å². The van der Waals surface area contributed by atoms with Crippen LogP contribution in [0, 0.1) is 0 Å². The van der Waals surface area contributed by atoms with Gasteiger partial charge in [0.2, 0.25) is 0 Å². The molecule has 320 valence electrons. The van der Waals surface area contributed by atoms with Gasteiger partial charge in [-0.25, -0.2) is 0 Å². The van der Waals surface area contributed by atoms with Gasteiger partial charge in [-0.15, -0.1) is 0 Å². The second-order valence-electron chi connectivity index (χ2n) is 16.9. The van der Waals surface area contributed by atoms with E-state index in [0.29, 0.717) is 134 Å². The first kappa shape index (κ1) is 43.4. The summed E-state index contributed by atoms with van der Waals surface area (Å²) >= 11 is 0. The van der Waals surface area contributed by atoms with E-state index in [-0.39, 0.29) is 36.7 Å². The Labute approximate surface area is 350 Å². The molecule has 0 bridgehead atoms. The van der Waals surface area contributed by atoms with Gasteiger partial charge in [-0.2, -0.15) is 0 Å². The normalized spacial score (nSPS) is 14.7. The van der Waals surface area contributed by atoms with Crippen LogP contribution < -0.4 is 0 Å².